The van der Waals surface area contributed by atoms with Crippen molar-refractivity contribution in [3.05, 3.63) is 45.1 Å². The van der Waals surface area contributed by atoms with Gasteiger partial charge in [0, 0.05) is 18.6 Å². The maximum absolute atomic E-state index is 10.4. The fourth-order valence-corrected chi connectivity index (χ4v) is 1.33. The third-order valence-corrected chi connectivity index (χ3v) is 2.11. The Balaban J connectivity index is 2.31. The lowest BCUT2D eigenvalue weighted by Crippen LogP contribution is -1.93. The first-order valence-corrected chi connectivity index (χ1v) is 4.42. The standard InChI is InChI=1S/C10H9NO4/c1-7(11(12)13)4-8-2-3-10-9(5-8)6-14-15-10/h2-5H,6H2,1H3. The number of allylic oxidation sites excluding steroid dienone is 1. The Kier molecular flexibility index (Phi) is 2.39. The van der Waals surface area contributed by atoms with Gasteiger partial charge in [-0.3, -0.25) is 10.1 Å². The van der Waals surface area contributed by atoms with Gasteiger partial charge in [0.2, 0.25) is 5.70 Å². The number of hydrogen-bond acceptors (Lipinski definition) is 4. The van der Waals surface area contributed by atoms with E-state index < -0.39 is 4.92 Å². The van der Waals surface area contributed by atoms with E-state index in [9.17, 15) is 10.1 Å². The van der Waals surface area contributed by atoms with Gasteiger partial charge in [-0.05, 0) is 17.7 Å². The lowest BCUT2D eigenvalue weighted by Gasteiger charge is -1.96. The molecule has 78 valence electrons. The minimum Gasteiger partial charge on any atom is -0.337 e. The lowest BCUT2D eigenvalue weighted by molar-refractivity contribution is -0.422. The van der Waals surface area contributed by atoms with Gasteiger partial charge in [0.25, 0.3) is 0 Å². The summed E-state index contributed by atoms with van der Waals surface area (Å²) >= 11 is 0. The van der Waals surface area contributed by atoms with Crippen molar-refractivity contribution in [1.29, 1.82) is 0 Å². The third-order valence-electron chi connectivity index (χ3n) is 2.11. The molecule has 1 heterocycles. The van der Waals surface area contributed by atoms with E-state index in [1.807, 2.05) is 6.07 Å². The summed E-state index contributed by atoms with van der Waals surface area (Å²) in [5.74, 6) is 0.672. The van der Waals surface area contributed by atoms with Crippen LogP contribution in [-0.4, -0.2) is 4.92 Å². The van der Waals surface area contributed by atoms with E-state index in [0.29, 0.717) is 12.4 Å². The van der Waals surface area contributed by atoms with Gasteiger partial charge >= 0.3 is 0 Å². The Hall–Kier alpha value is -1.88. The molecule has 0 unspecified atom stereocenters. The van der Waals surface area contributed by atoms with Crippen LogP contribution in [0, 0.1) is 10.1 Å². The van der Waals surface area contributed by atoms with Crippen LogP contribution >= 0.6 is 0 Å². The van der Waals surface area contributed by atoms with E-state index in [0.717, 1.165) is 11.1 Å². The highest BCUT2D eigenvalue weighted by Crippen LogP contribution is 2.27. The largest absolute Gasteiger partial charge is 0.337 e. The van der Waals surface area contributed by atoms with Crippen molar-refractivity contribution in [3.8, 4) is 5.75 Å². The van der Waals surface area contributed by atoms with Crippen LogP contribution in [-0.2, 0) is 11.5 Å². The maximum atomic E-state index is 10.4. The lowest BCUT2D eigenvalue weighted by atomic mass is 10.1. The molecular formula is C10H9NO4. The molecule has 0 bridgehead atoms. The zero-order valence-corrected chi connectivity index (χ0v) is 8.10. The predicted octanol–water partition coefficient (Wildman–Crippen LogP) is 2.15. The number of benzene rings is 1. The second-order valence-electron chi connectivity index (χ2n) is 3.26. The fraction of sp³-hybridized carbons (Fsp3) is 0.200. The molecule has 5 nitrogen and oxygen atoms in total. The first-order chi connectivity index (χ1) is 7.16. The third kappa shape index (κ3) is 1.97. The quantitative estimate of drug-likeness (QED) is 0.423. The van der Waals surface area contributed by atoms with Crippen LogP contribution in [0.15, 0.2) is 23.9 Å². The van der Waals surface area contributed by atoms with Crippen molar-refractivity contribution in [3.63, 3.8) is 0 Å². The highest BCUT2D eigenvalue weighted by atomic mass is 17.2. The normalized spacial score (nSPS) is 14.6. The molecule has 1 aromatic carbocycles. The number of nitrogens with zero attached hydrogens (tertiary/aromatic N) is 1. The van der Waals surface area contributed by atoms with Gasteiger partial charge in [0.1, 0.15) is 6.61 Å². The van der Waals surface area contributed by atoms with Crippen LogP contribution in [0.5, 0.6) is 5.75 Å². The van der Waals surface area contributed by atoms with Gasteiger partial charge in [0.15, 0.2) is 5.75 Å². The van der Waals surface area contributed by atoms with E-state index in [-0.39, 0.29) is 5.70 Å². The molecule has 0 saturated carbocycles. The average Bonchev–Trinajstić information content (AvgIpc) is 2.64. The summed E-state index contributed by atoms with van der Waals surface area (Å²) in [7, 11) is 0. The van der Waals surface area contributed by atoms with Crippen molar-refractivity contribution in [2.75, 3.05) is 0 Å². The number of rotatable bonds is 2. The second-order valence-corrected chi connectivity index (χ2v) is 3.26. The Morgan fingerprint density at radius 3 is 3.13 bits per heavy atom. The molecule has 0 radical (unpaired) electrons. The van der Waals surface area contributed by atoms with Crippen LogP contribution in [0.4, 0.5) is 0 Å². The molecule has 0 spiro atoms. The minimum atomic E-state index is -0.416. The molecule has 0 fully saturated rings. The van der Waals surface area contributed by atoms with Crippen molar-refractivity contribution in [1.82, 2.24) is 0 Å². The topological polar surface area (TPSA) is 61.6 Å². The Morgan fingerprint density at radius 2 is 2.40 bits per heavy atom. The Labute approximate surface area is 86.0 Å². The van der Waals surface area contributed by atoms with Gasteiger partial charge < -0.3 is 4.89 Å². The SMILES string of the molecule is CC(=Cc1ccc2c(c1)COO2)[N+](=O)[O-]. The molecule has 1 aromatic rings. The van der Waals surface area contributed by atoms with Crippen LogP contribution in [0.3, 0.4) is 0 Å². The molecule has 0 amide bonds. The molecular weight excluding hydrogens is 198 g/mol. The summed E-state index contributed by atoms with van der Waals surface area (Å²) in [6.07, 6.45) is 1.51. The van der Waals surface area contributed by atoms with E-state index in [4.69, 9.17) is 9.78 Å². The summed E-state index contributed by atoms with van der Waals surface area (Å²) in [4.78, 5) is 19.6. The highest BCUT2D eigenvalue weighted by molar-refractivity contribution is 5.54. The summed E-state index contributed by atoms with van der Waals surface area (Å²) in [5, 5.41) is 10.4. The van der Waals surface area contributed by atoms with E-state index in [1.165, 1.54) is 13.0 Å². The number of nitro groups is 1. The van der Waals surface area contributed by atoms with Crippen molar-refractivity contribution < 1.29 is 14.7 Å². The van der Waals surface area contributed by atoms with Gasteiger partial charge in [-0.25, -0.2) is 0 Å². The van der Waals surface area contributed by atoms with Crippen molar-refractivity contribution in [2.45, 2.75) is 13.5 Å². The number of hydrogen-bond donors (Lipinski definition) is 0. The smallest absolute Gasteiger partial charge is 0.243 e. The molecule has 15 heavy (non-hydrogen) atoms. The van der Waals surface area contributed by atoms with Crippen LogP contribution < -0.4 is 4.89 Å². The first kappa shape index (κ1) is 9.67. The van der Waals surface area contributed by atoms with Crippen LogP contribution in [0.2, 0.25) is 0 Å². The molecule has 0 N–H and O–H groups in total. The zero-order valence-electron chi connectivity index (χ0n) is 8.10. The van der Waals surface area contributed by atoms with Crippen LogP contribution in [0.25, 0.3) is 6.08 Å². The molecule has 0 aromatic heterocycles. The zero-order chi connectivity index (χ0) is 10.8. The molecule has 1 aliphatic rings. The molecule has 0 atom stereocenters. The summed E-state index contributed by atoms with van der Waals surface area (Å²) in [5.41, 5.74) is 1.78. The van der Waals surface area contributed by atoms with Crippen LogP contribution in [0.1, 0.15) is 18.1 Å². The van der Waals surface area contributed by atoms with Crippen molar-refractivity contribution in [2.24, 2.45) is 0 Å². The average molecular weight is 207 g/mol. The predicted molar refractivity (Wildman–Crippen MR) is 52.5 cm³/mol. The van der Waals surface area contributed by atoms with E-state index in [1.54, 1.807) is 12.1 Å². The molecule has 0 saturated heterocycles. The van der Waals surface area contributed by atoms with E-state index in [2.05, 4.69) is 0 Å². The fourth-order valence-electron chi connectivity index (χ4n) is 1.33. The highest BCUT2D eigenvalue weighted by Gasteiger charge is 2.13. The molecule has 5 heteroatoms. The van der Waals surface area contributed by atoms with Gasteiger partial charge in [-0.15, -0.1) is 0 Å². The number of fused-ring (bicyclic) bond motifs is 1. The minimum absolute atomic E-state index is 0.106. The molecule has 1 aliphatic heterocycles. The monoisotopic (exact) mass is 207 g/mol. The van der Waals surface area contributed by atoms with Gasteiger partial charge in [-0.1, -0.05) is 6.07 Å². The summed E-state index contributed by atoms with van der Waals surface area (Å²) in [6.45, 7) is 1.84. The molecule has 2 rings (SSSR count). The van der Waals surface area contributed by atoms with Crippen molar-refractivity contribution >= 4 is 6.08 Å². The van der Waals surface area contributed by atoms with E-state index >= 15 is 0 Å². The Bertz CT molecular complexity index is 439. The molecule has 0 aliphatic carbocycles. The maximum Gasteiger partial charge on any atom is 0.243 e. The summed E-state index contributed by atoms with van der Waals surface area (Å²) < 4.78 is 0. The summed E-state index contributed by atoms with van der Waals surface area (Å²) in [6, 6.07) is 5.30. The Morgan fingerprint density at radius 1 is 1.60 bits per heavy atom. The second kappa shape index (κ2) is 3.70. The first-order valence-electron chi connectivity index (χ1n) is 4.42. The van der Waals surface area contributed by atoms with Gasteiger partial charge in [0.05, 0.1) is 4.92 Å². The van der Waals surface area contributed by atoms with Gasteiger partial charge in [-0.2, -0.15) is 4.89 Å².